The van der Waals surface area contributed by atoms with Crippen LogP contribution in [0.2, 0.25) is 0 Å². The van der Waals surface area contributed by atoms with Gasteiger partial charge in [-0.25, -0.2) is 0 Å². The van der Waals surface area contributed by atoms with E-state index in [4.69, 9.17) is 4.74 Å². The number of carbonyl (C=O) groups is 2. The van der Waals surface area contributed by atoms with Gasteiger partial charge in [0.1, 0.15) is 5.75 Å². The molecule has 4 heteroatoms. The minimum Gasteiger partial charge on any atom is -0.483 e. The van der Waals surface area contributed by atoms with Gasteiger partial charge in [0, 0.05) is 5.69 Å². The lowest BCUT2D eigenvalue weighted by atomic mass is 10.0. The quantitative estimate of drug-likeness (QED) is 0.656. The maximum absolute atomic E-state index is 12.3. The van der Waals surface area contributed by atoms with Crippen LogP contribution in [0.1, 0.15) is 21.5 Å². The van der Waals surface area contributed by atoms with Gasteiger partial charge in [-0.2, -0.15) is 0 Å². The van der Waals surface area contributed by atoms with Crippen molar-refractivity contribution in [2.45, 2.75) is 6.42 Å². The second-order valence-electron chi connectivity index (χ2n) is 5.81. The molecular formula is C22H19NO3. The Morgan fingerprint density at radius 2 is 1.58 bits per heavy atom. The summed E-state index contributed by atoms with van der Waals surface area (Å²) in [6.07, 6.45) is 1.44. The number of benzene rings is 3. The molecule has 3 aromatic rings. The van der Waals surface area contributed by atoms with Crippen molar-refractivity contribution in [3.63, 3.8) is 0 Å². The Hall–Kier alpha value is -3.40. The minimum atomic E-state index is -0.272. The lowest BCUT2D eigenvalue weighted by Gasteiger charge is -2.12. The summed E-state index contributed by atoms with van der Waals surface area (Å²) in [4.78, 5) is 23.3. The Morgan fingerprint density at radius 1 is 0.885 bits per heavy atom. The molecule has 1 N–H and O–H groups in total. The molecule has 0 aliphatic rings. The lowest BCUT2D eigenvalue weighted by Crippen LogP contribution is -2.21. The zero-order valence-electron chi connectivity index (χ0n) is 14.2. The van der Waals surface area contributed by atoms with Crippen LogP contribution in [0.3, 0.4) is 0 Å². The van der Waals surface area contributed by atoms with Crippen molar-refractivity contribution in [1.82, 2.24) is 0 Å². The van der Waals surface area contributed by atoms with Crippen molar-refractivity contribution in [1.29, 1.82) is 0 Å². The third kappa shape index (κ3) is 4.57. The maximum Gasteiger partial charge on any atom is 0.262 e. The van der Waals surface area contributed by atoms with E-state index < -0.39 is 0 Å². The standard InChI is InChI=1S/C22H19NO3/c24-15-19-11-5-7-13-21(19)26-16-22(25)23-20-12-6-4-10-18(20)14-17-8-2-1-3-9-17/h1-13,15H,14,16H2,(H,23,25). The average molecular weight is 345 g/mol. The predicted molar refractivity (Wildman–Crippen MR) is 102 cm³/mol. The van der Waals surface area contributed by atoms with E-state index >= 15 is 0 Å². The zero-order chi connectivity index (χ0) is 18.2. The molecule has 0 bridgehead atoms. The van der Waals surface area contributed by atoms with Crippen molar-refractivity contribution in [3.8, 4) is 5.75 Å². The van der Waals surface area contributed by atoms with Gasteiger partial charge in [0.2, 0.25) is 0 Å². The number of rotatable bonds is 7. The zero-order valence-corrected chi connectivity index (χ0v) is 14.2. The van der Waals surface area contributed by atoms with Crippen LogP contribution in [-0.2, 0) is 11.2 Å². The summed E-state index contributed by atoms with van der Waals surface area (Å²) in [6, 6.07) is 24.6. The van der Waals surface area contributed by atoms with E-state index in [0.717, 1.165) is 17.7 Å². The first-order valence-electron chi connectivity index (χ1n) is 8.35. The topological polar surface area (TPSA) is 55.4 Å². The van der Waals surface area contributed by atoms with Crippen LogP contribution in [0, 0.1) is 0 Å². The number of carbonyl (C=O) groups excluding carboxylic acids is 2. The van der Waals surface area contributed by atoms with Gasteiger partial charge in [0.25, 0.3) is 5.91 Å². The molecule has 0 radical (unpaired) electrons. The molecule has 0 saturated heterocycles. The van der Waals surface area contributed by atoms with E-state index in [1.165, 1.54) is 5.56 Å². The summed E-state index contributed by atoms with van der Waals surface area (Å²) in [5, 5.41) is 2.89. The smallest absolute Gasteiger partial charge is 0.262 e. The van der Waals surface area contributed by atoms with Gasteiger partial charge in [-0.1, -0.05) is 60.7 Å². The highest BCUT2D eigenvalue weighted by atomic mass is 16.5. The molecule has 4 nitrogen and oxygen atoms in total. The van der Waals surface area contributed by atoms with Crippen LogP contribution in [0.4, 0.5) is 5.69 Å². The van der Waals surface area contributed by atoms with Gasteiger partial charge >= 0.3 is 0 Å². The molecule has 0 atom stereocenters. The minimum absolute atomic E-state index is 0.162. The second-order valence-corrected chi connectivity index (χ2v) is 5.81. The summed E-state index contributed by atoms with van der Waals surface area (Å²) in [5.41, 5.74) is 3.38. The molecule has 130 valence electrons. The van der Waals surface area contributed by atoms with Crippen molar-refractivity contribution >= 4 is 17.9 Å². The second kappa shape index (κ2) is 8.62. The fraction of sp³-hybridized carbons (Fsp3) is 0.0909. The van der Waals surface area contributed by atoms with Gasteiger partial charge in [-0.15, -0.1) is 0 Å². The van der Waals surface area contributed by atoms with Gasteiger partial charge in [-0.3, -0.25) is 9.59 Å². The molecule has 0 fully saturated rings. The molecule has 0 aromatic heterocycles. The van der Waals surface area contributed by atoms with E-state index in [1.54, 1.807) is 24.3 Å². The summed E-state index contributed by atoms with van der Waals surface area (Å²) < 4.78 is 5.48. The fourth-order valence-electron chi connectivity index (χ4n) is 2.65. The third-order valence-electron chi connectivity index (χ3n) is 3.93. The third-order valence-corrected chi connectivity index (χ3v) is 3.93. The fourth-order valence-corrected chi connectivity index (χ4v) is 2.65. The monoisotopic (exact) mass is 345 g/mol. The molecule has 0 aliphatic carbocycles. The number of nitrogens with one attached hydrogen (secondary N) is 1. The summed E-state index contributed by atoms with van der Waals surface area (Å²) >= 11 is 0. The number of amides is 1. The van der Waals surface area contributed by atoms with Crippen LogP contribution < -0.4 is 10.1 Å². The summed E-state index contributed by atoms with van der Waals surface area (Å²) in [5.74, 6) is 0.126. The number of hydrogen-bond donors (Lipinski definition) is 1. The molecular weight excluding hydrogens is 326 g/mol. The molecule has 0 unspecified atom stereocenters. The molecule has 0 spiro atoms. The predicted octanol–water partition coefficient (Wildman–Crippen LogP) is 4.11. The Bertz CT molecular complexity index is 891. The molecule has 0 saturated carbocycles. The number of ether oxygens (including phenoxy) is 1. The Kier molecular flexibility index (Phi) is 5.78. The van der Waals surface area contributed by atoms with Crippen LogP contribution in [0.25, 0.3) is 0 Å². The van der Waals surface area contributed by atoms with Crippen LogP contribution in [-0.4, -0.2) is 18.8 Å². The van der Waals surface area contributed by atoms with Crippen molar-refractivity contribution in [3.05, 3.63) is 95.6 Å². The SMILES string of the molecule is O=Cc1ccccc1OCC(=O)Nc1ccccc1Cc1ccccc1. The molecule has 1 amide bonds. The molecule has 3 rings (SSSR count). The molecule has 26 heavy (non-hydrogen) atoms. The normalized spacial score (nSPS) is 10.2. The van der Waals surface area contributed by atoms with Gasteiger partial charge in [0.15, 0.2) is 12.9 Å². The van der Waals surface area contributed by atoms with Crippen molar-refractivity contribution < 1.29 is 14.3 Å². The van der Waals surface area contributed by atoms with E-state index in [-0.39, 0.29) is 12.5 Å². The summed E-state index contributed by atoms with van der Waals surface area (Å²) in [7, 11) is 0. The Labute approximate surface area is 152 Å². The van der Waals surface area contributed by atoms with E-state index in [1.807, 2.05) is 42.5 Å². The van der Waals surface area contributed by atoms with Gasteiger partial charge < -0.3 is 10.1 Å². The van der Waals surface area contributed by atoms with Crippen LogP contribution >= 0.6 is 0 Å². The highest BCUT2D eigenvalue weighted by Crippen LogP contribution is 2.20. The van der Waals surface area contributed by atoms with Gasteiger partial charge in [0.05, 0.1) is 5.56 Å². The first-order chi connectivity index (χ1) is 12.8. The van der Waals surface area contributed by atoms with Crippen molar-refractivity contribution in [2.75, 3.05) is 11.9 Å². The Balaban J connectivity index is 1.65. The highest BCUT2D eigenvalue weighted by Gasteiger charge is 2.09. The average Bonchev–Trinajstić information content (AvgIpc) is 2.69. The summed E-state index contributed by atoms with van der Waals surface area (Å²) in [6.45, 7) is -0.162. The number of hydrogen-bond acceptors (Lipinski definition) is 3. The molecule has 0 heterocycles. The first kappa shape index (κ1) is 17.4. The van der Waals surface area contributed by atoms with Crippen LogP contribution in [0.5, 0.6) is 5.75 Å². The van der Waals surface area contributed by atoms with Gasteiger partial charge in [-0.05, 0) is 35.7 Å². The van der Waals surface area contributed by atoms with Crippen molar-refractivity contribution in [2.24, 2.45) is 0 Å². The molecule has 0 aliphatic heterocycles. The maximum atomic E-state index is 12.3. The number of aldehydes is 1. The van der Waals surface area contributed by atoms with E-state index in [0.29, 0.717) is 17.6 Å². The van der Waals surface area contributed by atoms with E-state index in [2.05, 4.69) is 17.4 Å². The molecule has 3 aromatic carbocycles. The number of para-hydroxylation sites is 2. The number of anilines is 1. The Morgan fingerprint density at radius 3 is 2.38 bits per heavy atom. The van der Waals surface area contributed by atoms with Crippen LogP contribution in [0.15, 0.2) is 78.9 Å². The lowest BCUT2D eigenvalue weighted by molar-refractivity contribution is -0.118. The van der Waals surface area contributed by atoms with E-state index in [9.17, 15) is 9.59 Å². The highest BCUT2D eigenvalue weighted by molar-refractivity contribution is 5.92. The first-order valence-corrected chi connectivity index (χ1v) is 8.35. The largest absolute Gasteiger partial charge is 0.483 e.